The van der Waals surface area contributed by atoms with E-state index in [-0.39, 0.29) is 12.1 Å². The molecule has 6 nitrogen and oxygen atoms in total. The molecule has 0 N–H and O–H groups in total. The number of nitrogens with zero attached hydrogens (tertiary/aromatic N) is 3. The third-order valence-corrected chi connectivity index (χ3v) is 6.65. The Morgan fingerprint density at radius 3 is 2.61 bits per heavy atom. The maximum absolute atomic E-state index is 12.9. The van der Waals surface area contributed by atoms with Gasteiger partial charge in [-0.05, 0) is 57.0 Å². The molecule has 4 rings (SSSR count). The first kappa shape index (κ1) is 25.7. The van der Waals surface area contributed by atoms with E-state index >= 15 is 0 Å². The van der Waals surface area contributed by atoms with Gasteiger partial charge in [0.15, 0.2) is 0 Å². The van der Waals surface area contributed by atoms with Crippen molar-refractivity contribution in [1.29, 1.82) is 0 Å². The van der Waals surface area contributed by atoms with Crippen LogP contribution in [0.2, 0.25) is 0 Å². The summed E-state index contributed by atoms with van der Waals surface area (Å²) < 4.78 is 11.7. The third-order valence-electron chi connectivity index (χ3n) is 6.65. The molecule has 2 aromatic carbocycles. The van der Waals surface area contributed by atoms with E-state index in [9.17, 15) is 4.79 Å². The zero-order valence-electron chi connectivity index (χ0n) is 21.8. The van der Waals surface area contributed by atoms with Crippen LogP contribution in [0, 0.1) is 6.92 Å². The Hall–Kier alpha value is -3.38. The molecule has 3 aromatic rings. The number of ether oxygens (including phenoxy) is 2. The Kier molecular flexibility index (Phi) is 8.60. The number of anilines is 1. The Balaban J connectivity index is 1.46. The van der Waals surface area contributed by atoms with Crippen molar-refractivity contribution in [2.24, 2.45) is 0 Å². The number of aryl methyl sites for hydroxylation is 1. The SMILES string of the molecule is CCN(Cc1ccccc1OCc1ccccc1)C1CCN(c2nccc(C)c2C(=O)OC(C)C)C1. The van der Waals surface area contributed by atoms with Gasteiger partial charge in [0.2, 0.25) is 0 Å². The van der Waals surface area contributed by atoms with Crippen LogP contribution >= 0.6 is 0 Å². The average Bonchev–Trinajstić information content (AvgIpc) is 3.36. The summed E-state index contributed by atoms with van der Waals surface area (Å²) in [5, 5.41) is 0. The van der Waals surface area contributed by atoms with Crippen molar-refractivity contribution in [2.45, 2.75) is 59.4 Å². The lowest BCUT2D eigenvalue weighted by atomic mass is 10.1. The van der Waals surface area contributed by atoms with E-state index in [1.54, 1.807) is 6.20 Å². The molecule has 190 valence electrons. The number of para-hydroxylation sites is 1. The van der Waals surface area contributed by atoms with Crippen LogP contribution < -0.4 is 9.64 Å². The minimum absolute atomic E-state index is 0.170. The zero-order chi connectivity index (χ0) is 25.5. The molecule has 36 heavy (non-hydrogen) atoms. The van der Waals surface area contributed by atoms with Gasteiger partial charge in [-0.15, -0.1) is 0 Å². The van der Waals surface area contributed by atoms with Gasteiger partial charge in [-0.2, -0.15) is 0 Å². The van der Waals surface area contributed by atoms with Crippen molar-refractivity contribution in [3.63, 3.8) is 0 Å². The smallest absolute Gasteiger partial charge is 0.342 e. The fourth-order valence-electron chi connectivity index (χ4n) is 4.77. The fourth-order valence-corrected chi connectivity index (χ4v) is 4.77. The van der Waals surface area contributed by atoms with E-state index in [0.717, 1.165) is 55.3 Å². The summed E-state index contributed by atoms with van der Waals surface area (Å²) >= 11 is 0. The molecule has 6 heteroatoms. The van der Waals surface area contributed by atoms with Gasteiger partial charge in [-0.1, -0.05) is 55.5 Å². The van der Waals surface area contributed by atoms with E-state index < -0.39 is 0 Å². The summed E-state index contributed by atoms with van der Waals surface area (Å²) in [5.74, 6) is 1.35. The summed E-state index contributed by atoms with van der Waals surface area (Å²) in [6.07, 6.45) is 2.62. The highest BCUT2D eigenvalue weighted by molar-refractivity contribution is 5.96. The van der Waals surface area contributed by atoms with Crippen molar-refractivity contribution < 1.29 is 14.3 Å². The predicted molar refractivity (Wildman–Crippen MR) is 143 cm³/mol. The van der Waals surface area contributed by atoms with Crippen LogP contribution in [0.1, 0.15) is 54.2 Å². The number of rotatable bonds is 10. The van der Waals surface area contributed by atoms with Crippen LogP contribution in [0.15, 0.2) is 66.9 Å². The van der Waals surface area contributed by atoms with Crippen molar-refractivity contribution in [3.05, 3.63) is 89.1 Å². The summed E-state index contributed by atoms with van der Waals surface area (Å²) in [5.41, 5.74) is 3.81. The molecule has 1 aliphatic heterocycles. The molecule has 0 spiro atoms. The van der Waals surface area contributed by atoms with Gasteiger partial charge in [0.1, 0.15) is 23.7 Å². The number of aromatic nitrogens is 1. The summed E-state index contributed by atoms with van der Waals surface area (Å²) in [7, 11) is 0. The normalized spacial score (nSPS) is 15.5. The van der Waals surface area contributed by atoms with Crippen molar-refractivity contribution in [2.75, 3.05) is 24.5 Å². The van der Waals surface area contributed by atoms with Crippen molar-refractivity contribution >= 4 is 11.8 Å². The monoisotopic (exact) mass is 487 g/mol. The van der Waals surface area contributed by atoms with Crippen LogP contribution in [0.3, 0.4) is 0 Å². The molecular formula is C30H37N3O3. The molecule has 0 aliphatic carbocycles. The van der Waals surface area contributed by atoms with E-state index in [1.807, 2.05) is 51.1 Å². The Labute approximate surface area is 214 Å². The van der Waals surface area contributed by atoms with Crippen LogP contribution in [0.25, 0.3) is 0 Å². The zero-order valence-corrected chi connectivity index (χ0v) is 21.8. The number of benzene rings is 2. The quantitative estimate of drug-likeness (QED) is 0.345. The first-order valence-electron chi connectivity index (χ1n) is 12.9. The van der Waals surface area contributed by atoms with Crippen LogP contribution in [0.5, 0.6) is 5.75 Å². The number of likely N-dealkylation sites (N-methyl/N-ethyl adjacent to an activating group) is 1. The average molecular weight is 488 g/mol. The molecule has 1 atom stereocenters. The van der Waals surface area contributed by atoms with Gasteiger partial charge in [0, 0.05) is 37.4 Å². The first-order chi connectivity index (χ1) is 17.5. The van der Waals surface area contributed by atoms with Crippen LogP contribution in [-0.2, 0) is 17.9 Å². The maximum Gasteiger partial charge on any atom is 0.342 e. The minimum Gasteiger partial charge on any atom is -0.489 e. The number of carbonyl (C=O) groups excluding carboxylic acids is 1. The second kappa shape index (κ2) is 12.0. The molecular weight excluding hydrogens is 450 g/mol. The van der Waals surface area contributed by atoms with E-state index in [2.05, 4.69) is 52.0 Å². The maximum atomic E-state index is 12.9. The highest BCUT2D eigenvalue weighted by Gasteiger charge is 2.31. The second-order valence-corrected chi connectivity index (χ2v) is 9.61. The Morgan fingerprint density at radius 1 is 1.11 bits per heavy atom. The van der Waals surface area contributed by atoms with Gasteiger partial charge >= 0.3 is 5.97 Å². The largest absolute Gasteiger partial charge is 0.489 e. The summed E-state index contributed by atoms with van der Waals surface area (Å²) in [4.78, 5) is 22.2. The first-order valence-corrected chi connectivity index (χ1v) is 12.9. The highest BCUT2D eigenvalue weighted by atomic mass is 16.5. The number of esters is 1. The Bertz CT molecular complexity index is 1150. The number of pyridine rings is 1. The van der Waals surface area contributed by atoms with Crippen LogP contribution in [-0.4, -0.2) is 47.6 Å². The Morgan fingerprint density at radius 2 is 1.86 bits per heavy atom. The third kappa shape index (κ3) is 6.24. The lowest BCUT2D eigenvalue weighted by Gasteiger charge is -2.29. The molecule has 1 fully saturated rings. The fraction of sp³-hybridized carbons (Fsp3) is 0.400. The lowest BCUT2D eigenvalue weighted by molar-refractivity contribution is 0.0377. The number of hydrogen-bond acceptors (Lipinski definition) is 6. The molecule has 1 saturated heterocycles. The van der Waals surface area contributed by atoms with Gasteiger partial charge < -0.3 is 14.4 Å². The predicted octanol–water partition coefficient (Wildman–Crippen LogP) is 5.64. The molecule has 0 saturated carbocycles. The van der Waals surface area contributed by atoms with E-state index in [1.165, 1.54) is 5.56 Å². The number of carbonyl (C=O) groups is 1. The van der Waals surface area contributed by atoms with Gasteiger partial charge in [0.05, 0.1) is 6.10 Å². The molecule has 1 aliphatic rings. The van der Waals surface area contributed by atoms with E-state index in [4.69, 9.17) is 9.47 Å². The topological polar surface area (TPSA) is 54.9 Å². The van der Waals surface area contributed by atoms with Gasteiger partial charge in [-0.3, -0.25) is 4.90 Å². The molecule has 1 unspecified atom stereocenters. The standard InChI is InChI=1S/C30H37N3O3/c1-5-32(19-25-13-9-10-14-27(25)35-21-24-11-7-6-8-12-24)26-16-18-33(20-26)29-28(23(4)15-17-31-29)30(34)36-22(2)3/h6-15,17,22,26H,5,16,18-21H2,1-4H3. The molecule has 2 heterocycles. The van der Waals surface area contributed by atoms with Gasteiger partial charge in [-0.25, -0.2) is 9.78 Å². The molecule has 0 amide bonds. The summed E-state index contributed by atoms with van der Waals surface area (Å²) in [6.45, 7) is 11.8. The second-order valence-electron chi connectivity index (χ2n) is 9.61. The lowest BCUT2D eigenvalue weighted by Crippen LogP contribution is -2.37. The number of hydrogen-bond donors (Lipinski definition) is 0. The highest BCUT2D eigenvalue weighted by Crippen LogP contribution is 2.29. The van der Waals surface area contributed by atoms with Crippen molar-refractivity contribution in [1.82, 2.24) is 9.88 Å². The van der Waals surface area contributed by atoms with Crippen LogP contribution in [0.4, 0.5) is 5.82 Å². The minimum atomic E-state index is -0.300. The van der Waals surface area contributed by atoms with Gasteiger partial charge in [0.25, 0.3) is 0 Å². The summed E-state index contributed by atoms with van der Waals surface area (Å²) in [6, 6.07) is 20.8. The molecule has 0 radical (unpaired) electrons. The van der Waals surface area contributed by atoms with E-state index in [0.29, 0.717) is 18.2 Å². The molecule has 0 bridgehead atoms. The van der Waals surface area contributed by atoms with Crippen molar-refractivity contribution in [3.8, 4) is 5.75 Å². The molecule has 1 aromatic heterocycles.